The van der Waals surface area contributed by atoms with E-state index >= 15 is 0 Å². The number of allylic oxidation sites excluding steroid dienone is 4. The first-order valence-electron chi connectivity index (χ1n) is 7.06. The second-order valence-corrected chi connectivity index (χ2v) is 5.89. The Morgan fingerprint density at radius 1 is 0.952 bits per heavy atom. The van der Waals surface area contributed by atoms with Crippen molar-refractivity contribution in [2.75, 3.05) is 0 Å². The molecule has 2 nitrogen and oxygen atoms in total. The molecule has 3 aromatic rings. The Hall–Kier alpha value is -2.39. The zero-order valence-corrected chi connectivity index (χ0v) is 12.1. The number of imidazole rings is 1. The Morgan fingerprint density at radius 2 is 1.81 bits per heavy atom. The highest BCUT2D eigenvalue weighted by atomic mass is 32.1. The summed E-state index contributed by atoms with van der Waals surface area (Å²) < 4.78 is 5.20. The van der Waals surface area contributed by atoms with Crippen LogP contribution in [0.4, 0.5) is 0 Å². The van der Waals surface area contributed by atoms with Gasteiger partial charge in [0.1, 0.15) is 0 Å². The first-order valence-corrected chi connectivity index (χ1v) is 7.47. The van der Waals surface area contributed by atoms with Crippen LogP contribution in [0.5, 0.6) is 0 Å². The number of benzene rings is 2. The second kappa shape index (κ2) is 3.83. The lowest BCUT2D eigenvalue weighted by atomic mass is 10.1. The largest absolute Gasteiger partial charge is 0.291 e. The Bertz CT molecular complexity index is 1030. The van der Waals surface area contributed by atoms with Crippen molar-refractivity contribution < 1.29 is 0 Å². The van der Waals surface area contributed by atoms with Crippen LogP contribution in [0.1, 0.15) is 12.1 Å². The van der Waals surface area contributed by atoms with Crippen molar-refractivity contribution in [3.8, 4) is 5.69 Å². The summed E-state index contributed by atoms with van der Waals surface area (Å²) in [5.41, 5.74) is 5.06. The van der Waals surface area contributed by atoms with Crippen molar-refractivity contribution in [3.05, 3.63) is 71.3 Å². The molecule has 0 saturated heterocycles. The molecule has 2 heterocycles. The number of aromatic nitrogens is 2. The molecule has 0 saturated carbocycles. The number of hydrogen-bond donors (Lipinski definition) is 0. The maximum Gasteiger partial charge on any atom is 0.189 e. The molecule has 100 valence electrons. The molecule has 1 aromatic heterocycles. The highest BCUT2D eigenvalue weighted by Gasteiger charge is 2.27. The van der Waals surface area contributed by atoms with Gasteiger partial charge >= 0.3 is 0 Å². The van der Waals surface area contributed by atoms with Crippen LogP contribution in [0.3, 0.4) is 0 Å². The van der Waals surface area contributed by atoms with Gasteiger partial charge in [-0.05, 0) is 35.3 Å². The molecular weight excluding hydrogens is 276 g/mol. The Kier molecular flexibility index (Phi) is 2.06. The smallest absolute Gasteiger partial charge is 0.189 e. The summed E-state index contributed by atoms with van der Waals surface area (Å²) >= 11 is 5.72. The average molecular weight is 288 g/mol. The minimum Gasteiger partial charge on any atom is -0.291 e. The molecule has 0 amide bonds. The van der Waals surface area contributed by atoms with Crippen molar-refractivity contribution in [3.63, 3.8) is 0 Å². The van der Waals surface area contributed by atoms with E-state index in [1.165, 1.54) is 27.7 Å². The van der Waals surface area contributed by atoms with Crippen LogP contribution in [-0.4, -0.2) is 9.13 Å². The highest BCUT2D eigenvalue weighted by molar-refractivity contribution is 7.71. The van der Waals surface area contributed by atoms with Gasteiger partial charge < -0.3 is 0 Å². The molecule has 0 fully saturated rings. The van der Waals surface area contributed by atoms with Gasteiger partial charge in [-0.2, -0.15) is 0 Å². The van der Waals surface area contributed by atoms with Gasteiger partial charge in [0.2, 0.25) is 0 Å². The maximum atomic E-state index is 5.72. The molecule has 0 spiro atoms. The van der Waals surface area contributed by atoms with Crippen LogP contribution in [-0.2, 0) is 0 Å². The molecule has 0 unspecified atom stereocenters. The molecule has 21 heavy (non-hydrogen) atoms. The van der Waals surface area contributed by atoms with E-state index in [9.17, 15) is 0 Å². The Labute approximate surface area is 127 Å². The quantitative estimate of drug-likeness (QED) is 0.585. The summed E-state index contributed by atoms with van der Waals surface area (Å²) in [5.74, 6) is 0. The predicted molar refractivity (Wildman–Crippen MR) is 89.0 cm³/mol. The van der Waals surface area contributed by atoms with E-state index in [1.54, 1.807) is 0 Å². The van der Waals surface area contributed by atoms with Gasteiger partial charge in [-0.3, -0.25) is 9.13 Å². The van der Waals surface area contributed by atoms with Crippen LogP contribution < -0.4 is 0 Å². The number of fused-ring (bicyclic) bond motifs is 6. The topological polar surface area (TPSA) is 9.86 Å². The third-order valence-corrected chi connectivity index (χ3v) is 4.76. The first kappa shape index (κ1) is 11.3. The van der Waals surface area contributed by atoms with Crippen molar-refractivity contribution in [2.45, 2.75) is 6.42 Å². The van der Waals surface area contributed by atoms with E-state index in [-0.39, 0.29) is 0 Å². The van der Waals surface area contributed by atoms with E-state index in [0.717, 1.165) is 16.9 Å². The zero-order chi connectivity index (χ0) is 14.0. The van der Waals surface area contributed by atoms with Gasteiger partial charge in [0.25, 0.3) is 0 Å². The predicted octanol–water partition coefficient (Wildman–Crippen LogP) is 4.80. The van der Waals surface area contributed by atoms with Gasteiger partial charge in [-0.25, -0.2) is 0 Å². The van der Waals surface area contributed by atoms with E-state index in [2.05, 4.69) is 69.9 Å². The van der Waals surface area contributed by atoms with Crippen molar-refractivity contribution >= 4 is 34.3 Å². The Morgan fingerprint density at radius 3 is 2.71 bits per heavy atom. The summed E-state index contributed by atoms with van der Waals surface area (Å²) in [5, 5.41) is 2.47. The monoisotopic (exact) mass is 288 g/mol. The molecule has 5 rings (SSSR count). The van der Waals surface area contributed by atoms with E-state index < -0.39 is 0 Å². The van der Waals surface area contributed by atoms with Gasteiger partial charge in [0, 0.05) is 23.7 Å². The van der Waals surface area contributed by atoms with Crippen LogP contribution in [0.25, 0.3) is 27.7 Å². The number of nitrogens with zero attached hydrogens (tertiary/aromatic N) is 2. The highest BCUT2D eigenvalue weighted by Crippen LogP contribution is 2.41. The molecule has 0 radical (unpaired) electrons. The first-order chi connectivity index (χ1) is 10.3. The van der Waals surface area contributed by atoms with Crippen LogP contribution >= 0.6 is 12.2 Å². The van der Waals surface area contributed by atoms with Crippen molar-refractivity contribution in [1.29, 1.82) is 0 Å². The van der Waals surface area contributed by atoms with Gasteiger partial charge in [-0.15, -0.1) is 0 Å². The lowest BCUT2D eigenvalue weighted by Gasteiger charge is -2.08. The van der Waals surface area contributed by atoms with Crippen LogP contribution in [0.15, 0.2) is 60.8 Å². The molecule has 3 heteroatoms. The molecule has 2 bridgehead atoms. The lowest BCUT2D eigenvalue weighted by Crippen LogP contribution is -1.98. The molecule has 2 aliphatic rings. The molecule has 0 atom stereocenters. The third-order valence-electron chi connectivity index (χ3n) is 4.38. The van der Waals surface area contributed by atoms with Crippen molar-refractivity contribution in [1.82, 2.24) is 9.13 Å². The fourth-order valence-electron chi connectivity index (χ4n) is 3.38. The lowest BCUT2D eigenvalue weighted by molar-refractivity contribution is 0.974. The molecule has 2 aromatic carbocycles. The van der Waals surface area contributed by atoms with E-state index in [0.29, 0.717) is 0 Å². The number of hydrogen-bond acceptors (Lipinski definition) is 1. The van der Waals surface area contributed by atoms with E-state index in [1.807, 2.05) is 0 Å². The fourth-order valence-corrected chi connectivity index (χ4v) is 3.75. The molecular formula is C18H12N2S. The zero-order valence-electron chi connectivity index (χ0n) is 11.3. The Balaban J connectivity index is 1.85. The summed E-state index contributed by atoms with van der Waals surface area (Å²) in [6.45, 7) is 0. The maximum absolute atomic E-state index is 5.72. The van der Waals surface area contributed by atoms with Gasteiger partial charge in [0.15, 0.2) is 4.77 Å². The average Bonchev–Trinajstić information content (AvgIpc) is 3.20. The minimum absolute atomic E-state index is 0.857. The minimum atomic E-state index is 0.857. The van der Waals surface area contributed by atoms with Crippen LogP contribution in [0.2, 0.25) is 0 Å². The van der Waals surface area contributed by atoms with Crippen molar-refractivity contribution in [2.24, 2.45) is 0 Å². The van der Waals surface area contributed by atoms with Crippen LogP contribution in [0, 0.1) is 4.77 Å². The third kappa shape index (κ3) is 1.39. The normalized spacial score (nSPS) is 15.2. The van der Waals surface area contributed by atoms with E-state index in [4.69, 9.17) is 12.2 Å². The van der Waals surface area contributed by atoms with Gasteiger partial charge in [0.05, 0.1) is 11.4 Å². The summed E-state index contributed by atoms with van der Waals surface area (Å²) in [6.07, 6.45) is 7.57. The molecule has 1 aliphatic heterocycles. The number of rotatable bonds is 1. The molecule has 1 aliphatic carbocycles. The SMILES string of the molecule is S=c1n(-c2cccc3ccccc23)cc2n1C1=CC=C2C1. The fraction of sp³-hybridized carbons (Fsp3) is 0.0556. The summed E-state index contributed by atoms with van der Waals surface area (Å²) in [6, 6.07) is 14.8. The summed E-state index contributed by atoms with van der Waals surface area (Å²) in [7, 11) is 0. The second-order valence-electron chi connectivity index (χ2n) is 5.53. The molecule has 0 N–H and O–H groups in total. The summed E-state index contributed by atoms with van der Waals surface area (Å²) in [4.78, 5) is 0. The van der Waals surface area contributed by atoms with Gasteiger partial charge in [-0.1, -0.05) is 42.5 Å². The standard InChI is InChI=1S/C18H12N2S/c21-18-19(11-17-13-8-9-14(10-13)20(17)18)16-7-3-5-12-4-1-2-6-15(12)16/h1-9,11H,10H2.